The molecule has 0 bridgehead atoms. The molecule has 5 nitrogen and oxygen atoms in total. The molecule has 2 aromatic heterocycles. The minimum absolute atomic E-state index is 0.783. The molecule has 2 aromatic rings. The fourth-order valence-corrected chi connectivity index (χ4v) is 2.39. The van der Waals surface area contributed by atoms with Crippen molar-refractivity contribution >= 4 is 16.9 Å². The number of hydrogen-bond donors (Lipinski definition) is 1. The van der Waals surface area contributed by atoms with Crippen LogP contribution in [0.1, 0.15) is 32.6 Å². The number of unbranched alkanes of at least 4 members (excludes halogenated alkanes) is 2. The summed E-state index contributed by atoms with van der Waals surface area (Å²) in [5.41, 5.74) is 0.905. The Morgan fingerprint density at radius 1 is 1.20 bits per heavy atom. The molecule has 0 spiro atoms. The van der Waals surface area contributed by atoms with Gasteiger partial charge in [-0.15, -0.1) is 0 Å². The third-order valence-electron chi connectivity index (χ3n) is 3.44. The molecule has 0 radical (unpaired) electrons. The van der Waals surface area contributed by atoms with Crippen LogP contribution < -0.4 is 4.90 Å². The average Bonchev–Trinajstić information content (AvgIpc) is 2.94. The predicted molar refractivity (Wildman–Crippen MR) is 82.1 cm³/mol. The van der Waals surface area contributed by atoms with Crippen LogP contribution in [0.5, 0.6) is 0 Å². The minimum atomic E-state index is 0.783. The number of aromatic nitrogens is 3. The van der Waals surface area contributed by atoms with E-state index in [0.717, 1.165) is 43.0 Å². The smallest absolute Gasteiger partial charge is 0.142 e. The molecular weight excluding hydrogens is 252 g/mol. The standard InChI is InChI=1S/C15H24N4O/c1-3-4-5-9-19(10-6-11-20-2)15-13-7-8-16-14(13)17-12-18-15/h7-8,12H,3-6,9-11H2,1-2H3,(H,16,17,18). The summed E-state index contributed by atoms with van der Waals surface area (Å²) < 4.78 is 5.16. The quantitative estimate of drug-likeness (QED) is 0.715. The number of anilines is 1. The topological polar surface area (TPSA) is 54.0 Å². The first-order chi connectivity index (χ1) is 9.86. The van der Waals surface area contributed by atoms with E-state index in [1.165, 1.54) is 19.3 Å². The summed E-state index contributed by atoms with van der Waals surface area (Å²) in [4.78, 5) is 14.3. The predicted octanol–water partition coefficient (Wildman–Crippen LogP) is 2.99. The van der Waals surface area contributed by atoms with Crippen LogP contribution in [0.3, 0.4) is 0 Å². The van der Waals surface area contributed by atoms with E-state index in [0.29, 0.717) is 0 Å². The summed E-state index contributed by atoms with van der Waals surface area (Å²) >= 11 is 0. The molecule has 0 aliphatic heterocycles. The van der Waals surface area contributed by atoms with Crippen LogP contribution in [0.25, 0.3) is 11.0 Å². The zero-order valence-corrected chi connectivity index (χ0v) is 12.4. The van der Waals surface area contributed by atoms with E-state index in [-0.39, 0.29) is 0 Å². The monoisotopic (exact) mass is 276 g/mol. The first-order valence-electron chi connectivity index (χ1n) is 7.38. The van der Waals surface area contributed by atoms with Crippen LogP contribution in [-0.2, 0) is 4.74 Å². The number of H-pyrrole nitrogens is 1. The molecular formula is C15H24N4O. The van der Waals surface area contributed by atoms with Crippen LogP contribution in [0.2, 0.25) is 0 Å². The van der Waals surface area contributed by atoms with Crippen molar-refractivity contribution in [3.8, 4) is 0 Å². The van der Waals surface area contributed by atoms with Crippen molar-refractivity contribution in [2.24, 2.45) is 0 Å². The maximum Gasteiger partial charge on any atom is 0.142 e. The molecule has 1 N–H and O–H groups in total. The van der Waals surface area contributed by atoms with Gasteiger partial charge in [0.15, 0.2) is 0 Å². The third-order valence-corrected chi connectivity index (χ3v) is 3.44. The highest BCUT2D eigenvalue weighted by atomic mass is 16.5. The Balaban J connectivity index is 2.13. The maximum absolute atomic E-state index is 5.16. The van der Waals surface area contributed by atoms with Gasteiger partial charge in [-0.2, -0.15) is 0 Å². The SMILES string of the molecule is CCCCCN(CCCOC)c1ncnc2[nH]ccc12. The second-order valence-electron chi connectivity index (χ2n) is 4.98. The number of rotatable bonds is 9. The number of fused-ring (bicyclic) bond motifs is 1. The fraction of sp³-hybridized carbons (Fsp3) is 0.600. The van der Waals surface area contributed by atoms with Gasteiger partial charge in [0.2, 0.25) is 0 Å². The van der Waals surface area contributed by atoms with Gasteiger partial charge >= 0.3 is 0 Å². The number of aromatic amines is 1. The molecule has 0 saturated carbocycles. The zero-order chi connectivity index (χ0) is 14.2. The van der Waals surface area contributed by atoms with E-state index in [1.807, 2.05) is 12.3 Å². The number of ether oxygens (including phenoxy) is 1. The van der Waals surface area contributed by atoms with E-state index < -0.39 is 0 Å². The van der Waals surface area contributed by atoms with Gasteiger partial charge in [-0.25, -0.2) is 9.97 Å². The van der Waals surface area contributed by atoms with Gasteiger partial charge in [-0.3, -0.25) is 0 Å². The van der Waals surface area contributed by atoms with Crippen molar-refractivity contribution in [1.82, 2.24) is 15.0 Å². The zero-order valence-electron chi connectivity index (χ0n) is 12.4. The fourth-order valence-electron chi connectivity index (χ4n) is 2.39. The first kappa shape index (κ1) is 14.8. The Morgan fingerprint density at radius 3 is 2.85 bits per heavy atom. The van der Waals surface area contributed by atoms with Gasteiger partial charge in [0, 0.05) is 33.0 Å². The van der Waals surface area contributed by atoms with Gasteiger partial charge in [0.05, 0.1) is 5.39 Å². The van der Waals surface area contributed by atoms with Gasteiger partial charge in [0.1, 0.15) is 17.8 Å². The van der Waals surface area contributed by atoms with Gasteiger partial charge in [-0.05, 0) is 18.9 Å². The van der Waals surface area contributed by atoms with Crippen molar-refractivity contribution in [2.45, 2.75) is 32.6 Å². The van der Waals surface area contributed by atoms with Crippen LogP contribution in [0.4, 0.5) is 5.82 Å². The summed E-state index contributed by atoms with van der Waals surface area (Å²) in [6, 6.07) is 2.05. The molecule has 0 atom stereocenters. The lowest BCUT2D eigenvalue weighted by molar-refractivity contribution is 0.196. The number of nitrogens with zero attached hydrogens (tertiary/aromatic N) is 3. The van der Waals surface area contributed by atoms with E-state index >= 15 is 0 Å². The lowest BCUT2D eigenvalue weighted by Gasteiger charge is -2.24. The molecule has 0 aliphatic carbocycles. The van der Waals surface area contributed by atoms with E-state index in [2.05, 4.69) is 26.8 Å². The van der Waals surface area contributed by atoms with Crippen LogP contribution in [-0.4, -0.2) is 41.8 Å². The Labute approximate surface area is 120 Å². The lowest BCUT2D eigenvalue weighted by atomic mass is 10.2. The minimum Gasteiger partial charge on any atom is -0.385 e. The van der Waals surface area contributed by atoms with Gasteiger partial charge < -0.3 is 14.6 Å². The highest BCUT2D eigenvalue weighted by Gasteiger charge is 2.12. The normalized spacial score (nSPS) is 11.1. The van der Waals surface area contributed by atoms with Crippen LogP contribution in [0.15, 0.2) is 18.6 Å². The van der Waals surface area contributed by atoms with Gasteiger partial charge in [-0.1, -0.05) is 19.8 Å². The Hall–Kier alpha value is -1.62. The second-order valence-corrected chi connectivity index (χ2v) is 4.98. The van der Waals surface area contributed by atoms with Crippen LogP contribution >= 0.6 is 0 Å². The van der Waals surface area contributed by atoms with E-state index in [1.54, 1.807) is 13.4 Å². The van der Waals surface area contributed by atoms with E-state index in [4.69, 9.17) is 4.74 Å². The number of nitrogens with one attached hydrogen (secondary N) is 1. The lowest BCUT2D eigenvalue weighted by Crippen LogP contribution is -2.27. The molecule has 20 heavy (non-hydrogen) atoms. The number of methoxy groups -OCH3 is 1. The molecule has 0 aromatic carbocycles. The van der Waals surface area contributed by atoms with Crippen molar-refractivity contribution in [3.05, 3.63) is 18.6 Å². The largest absolute Gasteiger partial charge is 0.385 e. The summed E-state index contributed by atoms with van der Waals surface area (Å²) in [5, 5.41) is 1.10. The molecule has 5 heteroatoms. The summed E-state index contributed by atoms with van der Waals surface area (Å²) in [6.45, 7) is 5.01. The maximum atomic E-state index is 5.16. The molecule has 0 saturated heterocycles. The molecule has 0 aliphatic rings. The molecule has 0 fully saturated rings. The highest BCUT2D eigenvalue weighted by molar-refractivity contribution is 5.87. The van der Waals surface area contributed by atoms with E-state index in [9.17, 15) is 0 Å². The summed E-state index contributed by atoms with van der Waals surface area (Å²) in [7, 11) is 1.75. The number of hydrogen-bond acceptors (Lipinski definition) is 4. The van der Waals surface area contributed by atoms with Crippen molar-refractivity contribution < 1.29 is 4.74 Å². The molecule has 2 rings (SSSR count). The first-order valence-corrected chi connectivity index (χ1v) is 7.38. The Bertz CT molecular complexity index is 501. The highest BCUT2D eigenvalue weighted by Crippen LogP contribution is 2.22. The molecule has 0 unspecified atom stereocenters. The van der Waals surface area contributed by atoms with Crippen molar-refractivity contribution in [2.75, 3.05) is 31.7 Å². The average molecular weight is 276 g/mol. The summed E-state index contributed by atoms with van der Waals surface area (Å²) in [6.07, 6.45) is 8.24. The molecule has 2 heterocycles. The third kappa shape index (κ3) is 3.70. The molecule has 110 valence electrons. The second kappa shape index (κ2) is 7.85. The van der Waals surface area contributed by atoms with Gasteiger partial charge in [0.25, 0.3) is 0 Å². The van der Waals surface area contributed by atoms with Crippen molar-refractivity contribution in [3.63, 3.8) is 0 Å². The molecule has 0 amide bonds. The Kier molecular flexibility index (Phi) is 5.80. The summed E-state index contributed by atoms with van der Waals surface area (Å²) in [5.74, 6) is 1.03. The van der Waals surface area contributed by atoms with Crippen molar-refractivity contribution in [1.29, 1.82) is 0 Å². The Morgan fingerprint density at radius 2 is 2.05 bits per heavy atom. The van der Waals surface area contributed by atoms with Crippen LogP contribution in [0, 0.1) is 0 Å².